The van der Waals surface area contributed by atoms with Crippen molar-refractivity contribution >= 4 is 16.9 Å². The summed E-state index contributed by atoms with van der Waals surface area (Å²) < 4.78 is 5.17. The van der Waals surface area contributed by atoms with Gasteiger partial charge >= 0.3 is 5.63 Å². The van der Waals surface area contributed by atoms with E-state index in [0.717, 1.165) is 12.8 Å². The number of carbonyl (C=O) groups is 1. The monoisotopic (exact) mass is 287 g/mol. The molecule has 0 radical (unpaired) electrons. The van der Waals surface area contributed by atoms with Crippen molar-refractivity contribution < 1.29 is 14.3 Å². The summed E-state index contributed by atoms with van der Waals surface area (Å²) >= 11 is 0. The number of para-hydroxylation sites is 1. The van der Waals surface area contributed by atoms with E-state index in [-0.39, 0.29) is 18.2 Å². The van der Waals surface area contributed by atoms with Crippen molar-refractivity contribution in [1.29, 1.82) is 0 Å². The van der Waals surface area contributed by atoms with E-state index in [1.54, 1.807) is 24.3 Å². The minimum Gasteiger partial charge on any atom is -0.422 e. The molecule has 0 bridgehead atoms. The van der Waals surface area contributed by atoms with Gasteiger partial charge in [0.15, 0.2) is 0 Å². The maximum atomic E-state index is 12.3. The van der Waals surface area contributed by atoms with Crippen LogP contribution in [0.4, 0.5) is 0 Å². The number of benzene rings is 1. The molecule has 1 fully saturated rings. The molecule has 1 amide bonds. The molecule has 0 spiro atoms. The first-order valence-corrected chi connectivity index (χ1v) is 7.13. The third-order valence-electron chi connectivity index (χ3n) is 3.83. The van der Waals surface area contributed by atoms with Crippen molar-refractivity contribution in [3.63, 3.8) is 0 Å². The third-order valence-corrected chi connectivity index (χ3v) is 3.83. The van der Waals surface area contributed by atoms with Crippen LogP contribution in [0.3, 0.4) is 0 Å². The quantitative estimate of drug-likeness (QED) is 0.820. The predicted octanol–water partition coefficient (Wildman–Crippen LogP) is 1.68. The van der Waals surface area contributed by atoms with Crippen LogP contribution in [0.25, 0.3) is 11.0 Å². The fraction of sp³-hybridized carbons (Fsp3) is 0.375. The minimum absolute atomic E-state index is 0.0114. The Hall–Kier alpha value is -2.14. The lowest BCUT2D eigenvalue weighted by Gasteiger charge is -2.16. The van der Waals surface area contributed by atoms with Gasteiger partial charge in [0.05, 0.1) is 0 Å². The molecule has 5 heteroatoms. The number of hydrogen-bond donors (Lipinski definition) is 2. The van der Waals surface area contributed by atoms with Crippen molar-refractivity contribution in [3.8, 4) is 0 Å². The van der Waals surface area contributed by atoms with Crippen molar-refractivity contribution in [2.75, 3.05) is 6.61 Å². The lowest BCUT2D eigenvalue weighted by Crippen LogP contribution is -2.39. The molecule has 1 aromatic heterocycles. The number of rotatable bonds is 5. The van der Waals surface area contributed by atoms with Crippen molar-refractivity contribution in [3.05, 3.63) is 46.3 Å². The highest BCUT2D eigenvalue weighted by atomic mass is 16.4. The largest absolute Gasteiger partial charge is 0.422 e. The summed E-state index contributed by atoms with van der Waals surface area (Å²) in [7, 11) is 0. The fourth-order valence-corrected chi connectivity index (χ4v) is 2.53. The zero-order valence-electron chi connectivity index (χ0n) is 11.5. The second-order valence-electron chi connectivity index (χ2n) is 5.42. The summed E-state index contributed by atoms with van der Waals surface area (Å²) in [6, 6.07) is 8.56. The van der Waals surface area contributed by atoms with Crippen LogP contribution >= 0.6 is 0 Å². The summed E-state index contributed by atoms with van der Waals surface area (Å²) in [4.78, 5) is 24.2. The predicted molar refractivity (Wildman–Crippen MR) is 78.2 cm³/mol. The normalized spacial score (nSPS) is 15.9. The topological polar surface area (TPSA) is 79.5 Å². The van der Waals surface area contributed by atoms with Gasteiger partial charge in [-0.25, -0.2) is 4.79 Å². The molecule has 5 nitrogen and oxygen atoms in total. The van der Waals surface area contributed by atoms with E-state index < -0.39 is 11.5 Å². The first-order valence-electron chi connectivity index (χ1n) is 7.13. The molecule has 1 unspecified atom stereocenters. The SMILES string of the molecule is O=C(NC(CCO)C1CC1)c1cc2ccccc2oc1=O. The zero-order chi connectivity index (χ0) is 14.8. The van der Waals surface area contributed by atoms with Gasteiger partial charge in [0.25, 0.3) is 5.91 Å². The summed E-state index contributed by atoms with van der Waals surface area (Å²) in [5.74, 6) is -0.0200. The fourth-order valence-electron chi connectivity index (χ4n) is 2.53. The standard InChI is InChI=1S/C16H17NO4/c18-8-7-13(10-5-6-10)17-15(19)12-9-11-3-1-2-4-14(11)21-16(12)20/h1-4,9-10,13,18H,5-8H2,(H,17,19). The van der Waals surface area contributed by atoms with Gasteiger partial charge in [-0.1, -0.05) is 18.2 Å². The molecule has 1 aromatic carbocycles. The van der Waals surface area contributed by atoms with Crippen LogP contribution in [0.15, 0.2) is 39.5 Å². The van der Waals surface area contributed by atoms with Gasteiger partial charge in [-0.05, 0) is 37.3 Å². The van der Waals surface area contributed by atoms with Gasteiger partial charge in [-0.2, -0.15) is 0 Å². The first-order chi connectivity index (χ1) is 10.2. The Morgan fingerprint density at radius 3 is 2.86 bits per heavy atom. The average molecular weight is 287 g/mol. The van der Waals surface area contributed by atoms with Crippen LogP contribution in [0.5, 0.6) is 0 Å². The second-order valence-corrected chi connectivity index (χ2v) is 5.42. The molecule has 2 aromatic rings. The number of nitrogens with one attached hydrogen (secondary N) is 1. The highest BCUT2D eigenvalue weighted by Gasteiger charge is 2.32. The van der Waals surface area contributed by atoms with Gasteiger partial charge in [0, 0.05) is 18.0 Å². The Morgan fingerprint density at radius 2 is 2.14 bits per heavy atom. The van der Waals surface area contributed by atoms with Gasteiger partial charge in [-0.15, -0.1) is 0 Å². The van der Waals surface area contributed by atoms with E-state index >= 15 is 0 Å². The van der Waals surface area contributed by atoms with E-state index in [0.29, 0.717) is 23.3 Å². The molecule has 1 aliphatic carbocycles. The molecule has 3 rings (SSSR count). The Balaban J connectivity index is 1.86. The average Bonchev–Trinajstić information content (AvgIpc) is 3.30. The highest BCUT2D eigenvalue weighted by Crippen LogP contribution is 2.34. The molecular weight excluding hydrogens is 270 g/mol. The van der Waals surface area contributed by atoms with Crippen LogP contribution in [-0.4, -0.2) is 23.7 Å². The number of amides is 1. The van der Waals surface area contributed by atoms with E-state index in [1.165, 1.54) is 0 Å². The lowest BCUT2D eigenvalue weighted by molar-refractivity contribution is 0.0920. The van der Waals surface area contributed by atoms with Gasteiger partial charge in [0.2, 0.25) is 0 Å². The summed E-state index contributed by atoms with van der Waals surface area (Å²) in [5, 5.41) is 12.6. The molecule has 0 saturated heterocycles. The molecule has 1 heterocycles. The van der Waals surface area contributed by atoms with Gasteiger partial charge in [0.1, 0.15) is 11.1 Å². The smallest absolute Gasteiger partial charge is 0.349 e. The van der Waals surface area contributed by atoms with Crippen LogP contribution in [0.1, 0.15) is 29.6 Å². The zero-order valence-corrected chi connectivity index (χ0v) is 11.5. The lowest BCUT2D eigenvalue weighted by atomic mass is 10.1. The molecule has 110 valence electrons. The number of hydrogen-bond acceptors (Lipinski definition) is 4. The maximum Gasteiger partial charge on any atom is 0.349 e. The minimum atomic E-state index is -0.634. The van der Waals surface area contributed by atoms with Crippen LogP contribution in [0.2, 0.25) is 0 Å². The molecule has 0 aliphatic heterocycles. The van der Waals surface area contributed by atoms with Crippen LogP contribution < -0.4 is 10.9 Å². The molecule has 21 heavy (non-hydrogen) atoms. The van der Waals surface area contributed by atoms with Crippen molar-refractivity contribution in [2.24, 2.45) is 5.92 Å². The number of fused-ring (bicyclic) bond motifs is 1. The maximum absolute atomic E-state index is 12.3. The van der Waals surface area contributed by atoms with E-state index in [1.807, 2.05) is 6.07 Å². The van der Waals surface area contributed by atoms with E-state index in [9.17, 15) is 9.59 Å². The third kappa shape index (κ3) is 2.97. The summed E-state index contributed by atoms with van der Waals surface area (Å²) in [5.41, 5.74) is -0.157. The Bertz CT molecular complexity index is 718. The molecule has 1 aliphatic rings. The van der Waals surface area contributed by atoms with E-state index in [2.05, 4.69) is 5.32 Å². The summed E-state index contributed by atoms with van der Waals surface area (Å²) in [6.45, 7) is 0.0216. The molecule has 1 saturated carbocycles. The first kappa shape index (κ1) is 13.8. The van der Waals surface area contributed by atoms with Gasteiger partial charge < -0.3 is 14.8 Å². The second kappa shape index (κ2) is 5.69. The highest BCUT2D eigenvalue weighted by molar-refractivity contribution is 5.96. The van der Waals surface area contributed by atoms with Crippen LogP contribution in [0, 0.1) is 5.92 Å². The Morgan fingerprint density at radius 1 is 1.38 bits per heavy atom. The van der Waals surface area contributed by atoms with Crippen molar-refractivity contribution in [1.82, 2.24) is 5.32 Å². The molecule has 1 atom stereocenters. The van der Waals surface area contributed by atoms with Crippen LogP contribution in [-0.2, 0) is 0 Å². The van der Waals surface area contributed by atoms with Crippen molar-refractivity contribution in [2.45, 2.75) is 25.3 Å². The molecular formula is C16H17NO4. The van der Waals surface area contributed by atoms with E-state index in [4.69, 9.17) is 9.52 Å². The molecule has 2 N–H and O–H groups in total. The number of aliphatic hydroxyl groups excluding tert-OH is 1. The number of carbonyl (C=O) groups excluding carboxylic acids is 1. The Kier molecular flexibility index (Phi) is 3.75. The van der Waals surface area contributed by atoms with Gasteiger partial charge in [-0.3, -0.25) is 4.79 Å². The number of aliphatic hydroxyl groups is 1. The Labute approximate surface area is 121 Å². The summed E-state index contributed by atoms with van der Waals surface area (Å²) in [6.07, 6.45) is 2.61.